The molecule has 0 atom stereocenters. The lowest BCUT2D eigenvalue weighted by atomic mass is 9.87. The third-order valence-electron chi connectivity index (χ3n) is 3.75. The van der Waals surface area contributed by atoms with Gasteiger partial charge in [-0.2, -0.15) is 0 Å². The standard InChI is InChI=1S/C19H26N4O3S/c1-5-10-20-15(24)11-21-16(25)12-27-18-23-22-17(26-18)13-6-8-14(9-7-13)19(2,3)4/h6-9H,5,10-12H2,1-4H3,(H,20,24)(H,21,25). The van der Waals surface area contributed by atoms with Gasteiger partial charge in [-0.25, -0.2) is 0 Å². The summed E-state index contributed by atoms with van der Waals surface area (Å²) in [4.78, 5) is 23.3. The molecule has 2 amide bonds. The molecule has 0 radical (unpaired) electrons. The number of carbonyl (C=O) groups is 2. The maximum Gasteiger partial charge on any atom is 0.277 e. The van der Waals surface area contributed by atoms with Gasteiger partial charge in [-0.05, 0) is 29.5 Å². The molecule has 0 bridgehead atoms. The summed E-state index contributed by atoms with van der Waals surface area (Å²) in [5.41, 5.74) is 2.13. The smallest absolute Gasteiger partial charge is 0.277 e. The van der Waals surface area contributed by atoms with Crippen LogP contribution in [-0.4, -0.2) is 40.9 Å². The predicted molar refractivity (Wildman–Crippen MR) is 105 cm³/mol. The van der Waals surface area contributed by atoms with Gasteiger partial charge in [0, 0.05) is 12.1 Å². The summed E-state index contributed by atoms with van der Waals surface area (Å²) in [6.45, 7) is 9.00. The van der Waals surface area contributed by atoms with Crippen molar-refractivity contribution >= 4 is 23.6 Å². The maximum atomic E-state index is 11.8. The van der Waals surface area contributed by atoms with E-state index in [4.69, 9.17) is 4.42 Å². The van der Waals surface area contributed by atoms with Crippen molar-refractivity contribution < 1.29 is 14.0 Å². The molecule has 1 heterocycles. The van der Waals surface area contributed by atoms with E-state index in [0.717, 1.165) is 23.7 Å². The van der Waals surface area contributed by atoms with Gasteiger partial charge in [0.05, 0.1) is 12.3 Å². The van der Waals surface area contributed by atoms with Crippen LogP contribution in [0.5, 0.6) is 0 Å². The van der Waals surface area contributed by atoms with Crippen molar-refractivity contribution in [1.29, 1.82) is 0 Å². The van der Waals surface area contributed by atoms with Crippen LogP contribution in [0.2, 0.25) is 0 Å². The van der Waals surface area contributed by atoms with Crippen LogP contribution in [0.1, 0.15) is 39.7 Å². The molecule has 27 heavy (non-hydrogen) atoms. The third kappa shape index (κ3) is 6.71. The topological polar surface area (TPSA) is 97.1 Å². The Bertz CT molecular complexity index is 766. The van der Waals surface area contributed by atoms with E-state index in [1.54, 1.807) is 0 Å². The number of aromatic nitrogens is 2. The van der Waals surface area contributed by atoms with Crippen LogP contribution in [0.25, 0.3) is 11.5 Å². The second-order valence-corrected chi connectivity index (χ2v) is 8.04. The normalized spacial score (nSPS) is 11.3. The molecule has 0 aliphatic heterocycles. The SMILES string of the molecule is CCCNC(=O)CNC(=O)CSc1nnc(-c2ccc(C(C)(C)C)cc2)o1. The molecule has 1 aromatic heterocycles. The third-order valence-corrected chi connectivity index (χ3v) is 4.57. The van der Waals surface area contributed by atoms with E-state index in [1.807, 2.05) is 31.2 Å². The van der Waals surface area contributed by atoms with Gasteiger partial charge in [-0.1, -0.05) is 51.6 Å². The molecule has 7 nitrogen and oxygen atoms in total. The van der Waals surface area contributed by atoms with E-state index < -0.39 is 0 Å². The molecule has 0 unspecified atom stereocenters. The van der Waals surface area contributed by atoms with Gasteiger partial charge in [0.15, 0.2) is 0 Å². The molecular formula is C19H26N4O3S. The van der Waals surface area contributed by atoms with E-state index in [0.29, 0.717) is 17.7 Å². The van der Waals surface area contributed by atoms with Crippen molar-refractivity contribution in [3.63, 3.8) is 0 Å². The van der Waals surface area contributed by atoms with E-state index in [2.05, 4.69) is 41.6 Å². The van der Waals surface area contributed by atoms with Gasteiger partial charge in [-0.15, -0.1) is 10.2 Å². The van der Waals surface area contributed by atoms with E-state index in [-0.39, 0.29) is 29.5 Å². The van der Waals surface area contributed by atoms with Crippen molar-refractivity contribution in [1.82, 2.24) is 20.8 Å². The number of thioether (sulfide) groups is 1. The van der Waals surface area contributed by atoms with Crippen LogP contribution in [-0.2, 0) is 15.0 Å². The summed E-state index contributed by atoms with van der Waals surface area (Å²) >= 11 is 1.14. The molecule has 8 heteroatoms. The van der Waals surface area contributed by atoms with Crippen LogP contribution in [0.15, 0.2) is 33.9 Å². The molecule has 2 aromatic rings. The van der Waals surface area contributed by atoms with Crippen LogP contribution in [0.3, 0.4) is 0 Å². The fourth-order valence-electron chi connectivity index (χ4n) is 2.18. The molecule has 0 aliphatic rings. The van der Waals surface area contributed by atoms with Crippen molar-refractivity contribution in [2.75, 3.05) is 18.8 Å². The summed E-state index contributed by atoms with van der Waals surface area (Å²) in [6.07, 6.45) is 0.855. The monoisotopic (exact) mass is 390 g/mol. The Morgan fingerprint density at radius 3 is 2.41 bits per heavy atom. The van der Waals surface area contributed by atoms with Gasteiger partial charge in [-0.3, -0.25) is 9.59 Å². The fourth-order valence-corrected chi connectivity index (χ4v) is 2.77. The van der Waals surface area contributed by atoms with Crippen LogP contribution < -0.4 is 10.6 Å². The van der Waals surface area contributed by atoms with Gasteiger partial charge in [0.25, 0.3) is 5.22 Å². The van der Waals surface area contributed by atoms with Crippen LogP contribution in [0, 0.1) is 0 Å². The zero-order valence-corrected chi connectivity index (χ0v) is 17.0. The molecule has 0 fully saturated rings. The molecule has 2 N–H and O–H groups in total. The first-order chi connectivity index (χ1) is 12.8. The number of nitrogens with zero attached hydrogens (tertiary/aromatic N) is 2. The zero-order valence-electron chi connectivity index (χ0n) is 16.2. The van der Waals surface area contributed by atoms with Crippen LogP contribution in [0.4, 0.5) is 0 Å². The Hall–Kier alpha value is -2.35. The Labute approximate surface area is 163 Å². The van der Waals surface area contributed by atoms with E-state index in [9.17, 15) is 9.59 Å². The summed E-state index contributed by atoms with van der Waals surface area (Å²) in [5, 5.41) is 13.6. The Morgan fingerprint density at radius 2 is 1.78 bits per heavy atom. The lowest BCUT2D eigenvalue weighted by Crippen LogP contribution is -2.37. The van der Waals surface area contributed by atoms with Crippen molar-refractivity contribution in [3.05, 3.63) is 29.8 Å². The summed E-state index contributed by atoms with van der Waals surface area (Å²) < 4.78 is 5.61. The number of rotatable bonds is 8. The molecule has 0 spiro atoms. The number of hydrogen-bond donors (Lipinski definition) is 2. The van der Waals surface area contributed by atoms with Gasteiger partial charge in [0.2, 0.25) is 17.7 Å². The predicted octanol–water partition coefficient (Wildman–Crippen LogP) is 2.77. The molecule has 1 aromatic carbocycles. The largest absolute Gasteiger partial charge is 0.411 e. The molecule has 0 saturated carbocycles. The average molecular weight is 391 g/mol. The molecule has 0 saturated heterocycles. The van der Waals surface area contributed by atoms with Gasteiger partial charge >= 0.3 is 0 Å². The number of amides is 2. The molecule has 0 aliphatic carbocycles. The summed E-state index contributed by atoms with van der Waals surface area (Å²) in [7, 11) is 0. The molecule has 146 valence electrons. The Kier molecular flexibility index (Phi) is 7.41. The summed E-state index contributed by atoms with van der Waals surface area (Å²) in [6, 6.07) is 7.99. The second-order valence-electron chi connectivity index (χ2n) is 7.12. The van der Waals surface area contributed by atoms with E-state index >= 15 is 0 Å². The van der Waals surface area contributed by atoms with Crippen molar-refractivity contribution in [2.45, 2.75) is 44.8 Å². The fraction of sp³-hybridized carbons (Fsp3) is 0.474. The maximum absolute atomic E-state index is 11.8. The summed E-state index contributed by atoms with van der Waals surface area (Å²) in [5.74, 6) is 0.0540. The second kappa shape index (κ2) is 9.55. The highest BCUT2D eigenvalue weighted by atomic mass is 32.2. The number of carbonyl (C=O) groups excluding carboxylic acids is 2. The number of benzene rings is 1. The highest BCUT2D eigenvalue weighted by Gasteiger charge is 2.15. The highest BCUT2D eigenvalue weighted by molar-refractivity contribution is 7.99. The van der Waals surface area contributed by atoms with Crippen molar-refractivity contribution in [3.8, 4) is 11.5 Å². The van der Waals surface area contributed by atoms with Crippen molar-refractivity contribution in [2.24, 2.45) is 0 Å². The van der Waals surface area contributed by atoms with Gasteiger partial charge in [0.1, 0.15) is 0 Å². The lowest BCUT2D eigenvalue weighted by Gasteiger charge is -2.18. The number of nitrogens with one attached hydrogen (secondary N) is 2. The minimum absolute atomic E-state index is 0.0331. The Morgan fingerprint density at radius 1 is 1.07 bits per heavy atom. The first-order valence-electron chi connectivity index (χ1n) is 8.90. The van der Waals surface area contributed by atoms with Crippen LogP contribution >= 0.6 is 11.8 Å². The van der Waals surface area contributed by atoms with Gasteiger partial charge < -0.3 is 15.1 Å². The average Bonchev–Trinajstić information content (AvgIpc) is 3.11. The first kappa shape index (κ1) is 21.0. The van der Waals surface area contributed by atoms with E-state index in [1.165, 1.54) is 5.56 Å². The molecule has 2 rings (SSSR count). The quantitative estimate of drug-likeness (QED) is 0.673. The number of hydrogen-bond acceptors (Lipinski definition) is 6. The first-order valence-corrected chi connectivity index (χ1v) is 9.88. The zero-order chi connectivity index (χ0) is 19.9. The molecular weight excluding hydrogens is 364 g/mol. The lowest BCUT2D eigenvalue weighted by molar-refractivity contribution is -0.124. The minimum atomic E-state index is -0.263. The highest BCUT2D eigenvalue weighted by Crippen LogP contribution is 2.27. The Balaban J connectivity index is 1.83. The minimum Gasteiger partial charge on any atom is -0.411 e.